The molecule has 9 heteroatoms. The van der Waals surface area contributed by atoms with Gasteiger partial charge in [0.1, 0.15) is 10.7 Å². The van der Waals surface area contributed by atoms with Crippen LogP contribution in [0.3, 0.4) is 0 Å². The molecule has 0 heterocycles. The monoisotopic (exact) mass is 319 g/mol. The van der Waals surface area contributed by atoms with Crippen molar-refractivity contribution in [1.82, 2.24) is 4.31 Å². The maximum atomic E-state index is 13.8. The SMILES string of the molecule is CN(CC(C)(C)CN)S(=O)(=O)c1cc([N+](=O)[O-])ccc1F. The van der Waals surface area contributed by atoms with Gasteiger partial charge in [0, 0.05) is 25.7 Å². The Morgan fingerprint density at radius 1 is 1.43 bits per heavy atom. The van der Waals surface area contributed by atoms with Crippen LogP contribution in [0.5, 0.6) is 0 Å². The maximum absolute atomic E-state index is 13.8. The minimum absolute atomic E-state index is 0.0635. The third kappa shape index (κ3) is 3.96. The first kappa shape index (κ1) is 17.5. The van der Waals surface area contributed by atoms with Gasteiger partial charge >= 0.3 is 0 Å². The molecule has 0 amide bonds. The number of nitro benzene ring substituents is 1. The maximum Gasteiger partial charge on any atom is 0.270 e. The number of nitro groups is 1. The summed E-state index contributed by atoms with van der Waals surface area (Å²) in [5, 5.41) is 10.7. The lowest BCUT2D eigenvalue weighted by Crippen LogP contribution is -2.40. The van der Waals surface area contributed by atoms with Crippen LogP contribution in [0.15, 0.2) is 23.1 Å². The molecule has 1 aromatic rings. The van der Waals surface area contributed by atoms with Crippen molar-refractivity contribution in [2.75, 3.05) is 20.1 Å². The molecule has 0 aromatic heterocycles. The van der Waals surface area contributed by atoms with Gasteiger partial charge in [-0.15, -0.1) is 0 Å². The summed E-state index contributed by atoms with van der Waals surface area (Å²) in [7, 11) is -2.89. The number of non-ortho nitro benzene ring substituents is 1. The Balaban J connectivity index is 3.24. The average molecular weight is 319 g/mol. The Bertz CT molecular complexity index is 646. The van der Waals surface area contributed by atoms with Gasteiger partial charge in [-0.2, -0.15) is 0 Å². The van der Waals surface area contributed by atoms with Crippen molar-refractivity contribution in [2.24, 2.45) is 11.1 Å². The van der Waals surface area contributed by atoms with Gasteiger partial charge in [-0.3, -0.25) is 10.1 Å². The van der Waals surface area contributed by atoms with E-state index in [1.54, 1.807) is 13.8 Å². The highest BCUT2D eigenvalue weighted by atomic mass is 32.2. The molecule has 0 atom stereocenters. The molecule has 0 spiro atoms. The fourth-order valence-electron chi connectivity index (χ4n) is 1.72. The van der Waals surface area contributed by atoms with Crippen molar-refractivity contribution >= 4 is 15.7 Å². The lowest BCUT2D eigenvalue weighted by atomic mass is 9.94. The molecular weight excluding hydrogens is 301 g/mol. The van der Waals surface area contributed by atoms with Crippen molar-refractivity contribution < 1.29 is 17.7 Å². The van der Waals surface area contributed by atoms with Crippen LogP contribution < -0.4 is 5.73 Å². The molecule has 1 rings (SSSR count). The van der Waals surface area contributed by atoms with E-state index in [9.17, 15) is 22.9 Å². The summed E-state index contributed by atoms with van der Waals surface area (Å²) in [5.41, 5.74) is 4.56. The summed E-state index contributed by atoms with van der Waals surface area (Å²) in [5.74, 6) is -1.03. The van der Waals surface area contributed by atoms with Gasteiger partial charge in [-0.25, -0.2) is 17.1 Å². The van der Waals surface area contributed by atoms with Crippen molar-refractivity contribution in [3.05, 3.63) is 34.1 Å². The molecule has 21 heavy (non-hydrogen) atoms. The van der Waals surface area contributed by atoms with Gasteiger partial charge in [-0.1, -0.05) is 13.8 Å². The van der Waals surface area contributed by atoms with E-state index in [2.05, 4.69) is 0 Å². The summed E-state index contributed by atoms with van der Waals surface area (Å²) < 4.78 is 39.4. The molecule has 118 valence electrons. The highest BCUT2D eigenvalue weighted by molar-refractivity contribution is 7.89. The highest BCUT2D eigenvalue weighted by Crippen LogP contribution is 2.25. The summed E-state index contributed by atoms with van der Waals surface area (Å²) in [6, 6.07) is 2.40. The number of hydrogen-bond acceptors (Lipinski definition) is 5. The molecule has 1 aromatic carbocycles. The van der Waals surface area contributed by atoms with E-state index >= 15 is 0 Å². The van der Waals surface area contributed by atoms with E-state index in [0.717, 1.165) is 22.5 Å². The van der Waals surface area contributed by atoms with Crippen molar-refractivity contribution in [2.45, 2.75) is 18.7 Å². The smallest absolute Gasteiger partial charge is 0.270 e. The molecule has 0 unspecified atom stereocenters. The fourth-order valence-corrected chi connectivity index (χ4v) is 3.16. The second-order valence-electron chi connectivity index (χ2n) is 5.50. The molecule has 2 N–H and O–H groups in total. The molecule has 0 bridgehead atoms. The van der Waals surface area contributed by atoms with Gasteiger partial charge in [0.05, 0.1) is 4.92 Å². The van der Waals surface area contributed by atoms with Crippen LogP contribution in [0.1, 0.15) is 13.8 Å². The van der Waals surface area contributed by atoms with E-state index in [1.165, 1.54) is 7.05 Å². The third-order valence-electron chi connectivity index (χ3n) is 3.02. The molecule has 0 radical (unpaired) electrons. The van der Waals surface area contributed by atoms with E-state index in [-0.39, 0.29) is 13.1 Å². The first-order valence-electron chi connectivity index (χ1n) is 6.11. The fraction of sp³-hybridized carbons (Fsp3) is 0.500. The van der Waals surface area contributed by atoms with Gasteiger partial charge in [-0.05, 0) is 18.0 Å². The lowest BCUT2D eigenvalue weighted by Gasteiger charge is -2.28. The van der Waals surface area contributed by atoms with Crippen LogP contribution in [0.25, 0.3) is 0 Å². The number of sulfonamides is 1. The van der Waals surface area contributed by atoms with Crippen LogP contribution in [0.4, 0.5) is 10.1 Å². The van der Waals surface area contributed by atoms with Crippen molar-refractivity contribution in [1.29, 1.82) is 0 Å². The Morgan fingerprint density at radius 2 is 2.00 bits per heavy atom. The number of nitrogens with zero attached hydrogens (tertiary/aromatic N) is 2. The van der Waals surface area contributed by atoms with E-state index in [1.807, 2.05) is 0 Å². The topological polar surface area (TPSA) is 107 Å². The zero-order chi connectivity index (χ0) is 16.4. The van der Waals surface area contributed by atoms with Crippen LogP contribution in [-0.4, -0.2) is 37.8 Å². The number of benzene rings is 1. The normalized spacial score (nSPS) is 12.7. The molecule has 7 nitrogen and oxygen atoms in total. The Hall–Kier alpha value is -1.58. The first-order chi connectivity index (χ1) is 9.51. The average Bonchev–Trinajstić information content (AvgIpc) is 2.38. The molecule has 0 saturated heterocycles. The predicted octanol–water partition coefficient (Wildman–Crippen LogP) is 1.34. The minimum atomic E-state index is -4.17. The summed E-state index contributed by atoms with van der Waals surface area (Å²) in [6.07, 6.45) is 0. The first-order valence-corrected chi connectivity index (χ1v) is 7.55. The predicted molar refractivity (Wildman–Crippen MR) is 75.7 cm³/mol. The molecule has 0 saturated carbocycles. The highest BCUT2D eigenvalue weighted by Gasteiger charge is 2.30. The third-order valence-corrected chi connectivity index (χ3v) is 4.84. The molecule has 0 aliphatic carbocycles. The Kier molecular flexibility index (Phi) is 5.03. The molecule has 0 fully saturated rings. The zero-order valence-electron chi connectivity index (χ0n) is 12.0. The standard InChI is InChI=1S/C12H18FN3O4S/c1-12(2,7-14)8-15(3)21(19,20)11-6-9(16(17)18)4-5-10(11)13/h4-6H,7-8,14H2,1-3H3. The second kappa shape index (κ2) is 6.04. The summed E-state index contributed by atoms with van der Waals surface area (Å²) in [6.45, 7) is 3.84. The molecule has 0 aliphatic rings. The van der Waals surface area contributed by atoms with Crippen LogP contribution in [0.2, 0.25) is 0 Å². The summed E-state index contributed by atoms with van der Waals surface area (Å²) >= 11 is 0. The van der Waals surface area contributed by atoms with E-state index in [0.29, 0.717) is 0 Å². The largest absolute Gasteiger partial charge is 0.330 e. The van der Waals surface area contributed by atoms with Crippen LogP contribution in [0, 0.1) is 21.3 Å². The van der Waals surface area contributed by atoms with Gasteiger partial charge in [0.15, 0.2) is 0 Å². The molecular formula is C12H18FN3O4S. The Labute approximate surface area is 122 Å². The van der Waals surface area contributed by atoms with Gasteiger partial charge in [0.2, 0.25) is 10.0 Å². The molecule has 0 aliphatic heterocycles. The van der Waals surface area contributed by atoms with Crippen molar-refractivity contribution in [3.8, 4) is 0 Å². The van der Waals surface area contributed by atoms with Gasteiger partial charge in [0.25, 0.3) is 5.69 Å². The van der Waals surface area contributed by atoms with E-state index in [4.69, 9.17) is 5.73 Å². The number of hydrogen-bond donors (Lipinski definition) is 1. The quantitative estimate of drug-likeness (QED) is 0.629. The zero-order valence-corrected chi connectivity index (χ0v) is 12.9. The number of rotatable bonds is 6. The van der Waals surface area contributed by atoms with Crippen LogP contribution in [-0.2, 0) is 10.0 Å². The van der Waals surface area contributed by atoms with E-state index < -0.39 is 36.8 Å². The summed E-state index contributed by atoms with van der Waals surface area (Å²) in [4.78, 5) is 9.20. The second-order valence-corrected chi connectivity index (χ2v) is 7.51. The minimum Gasteiger partial charge on any atom is -0.330 e. The lowest BCUT2D eigenvalue weighted by molar-refractivity contribution is -0.385. The van der Waals surface area contributed by atoms with Gasteiger partial charge < -0.3 is 5.73 Å². The number of nitrogens with two attached hydrogens (primary N) is 1. The van der Waals surface area contributed by atoms with Crippen molar-refractivity contribution in [3.63, 3.8) is 0 Å². The Morgan fingerprint density at radius 3 is 2.48 bits per heavy atom. The number of halogens is 1. The van der Waals surface area contributed by atoms with Crippen LogP contribution >= 0.6 is 0 Å².